The van der Waals surface area contributed by atoms with Gasteiger partial charge in [-0.15, -0.1) is 0 Å². The molecule has 0 bridgehead atoms. The minimum absolute atomic E-state index is 0.188. The van der Waals surface area contributed by atoms with E-state index in [9.17, 15) is 4.79 Å². The topological polar surface area (TPSA) is 17.1 Å². The molecular weight excluding hydrogens is 232 g/mol. The molecule has 3 rings (SSSR count). The third kappa shape index (κ3) is 2.21. The summed E-state index contributed by atoms with van der Waals surface area (Å²) in [5.41, 5.74) is 2.65. The van der Waals surface area contributed by atoms with Crippen LogP contribution in [0.2, 0.25) is 0 Å². The normalized spacial score (nSPS) is 25.6. The van der Waals surface area contributed by atoms with Crippen molar-refractivity contribution < 1.29 is 4.79 Å². The number of carbonyl (C=O) groups excluding carboxylic acids is 1. The lowest BCUT2D eigenvalue weighted by molar-refractivity contribution is -0.124. The second-order valence-electron chi connectivity index (χ2n) is 5.41. The molecule has 0 unspecified atom stereocenters. The number of benzene rings is 2. The van der Waals surface area contributed by atoms with Crippen molar-refractivity contribution in [2.75, 3.05) is 0 Å². The van der Waals surface area contributed by atoms with Crippen molar-refractivity contribution in [1.82, 2.24) is 0 Å². The molecule has 2 aromatic carbocycles. The molecule has 3 atom stereocenters. The van der Waals surface area contributed by atoms with Crippen LogP contribution in [0.4, 0.5) is 0 Å². The third-order valence-electron chi connectivity index (χ3n) is 4.31. The van der Waals surface area contributed by atoms with Crippen LogP contribution in [0.3, 0.4) is 0 Å². The maximum absolute atomic E-state index is 11.8. The van der Waals surface area contributed by atoms with Gasteiger partial charge in [0.15, 0.2) is 0 Å². The molecule has 0 aliphatic heterocycles. The van der Waals surface area contributed by atoms with Gasteiger partial charge in [-0.1, -0.05) is 60.7 Å². The zero-order chi connectivity index (χ0) is 13.2. The van der Waals surface area contributed by atoms with Gasteiger partial charge in [-0.2, -0.15) is 0 Å². The van der Waals surface area contributed by atoms with Gasteiger partial charge in [-0.3, -0.25) is 4.79 Å². The standard InChI is InChI=1S/C18H18O/c1-13(19)16-12-17(14-8-4-2-5-9-14)18(16)15-10-6-3-7-11-15/h2-11,16-18H,12H2,1H3/t16-,17+,18-/m1/s1. The van der Waals surface area contributed by atoms with E-state index in [1.807, 2.05) is 12.1 Å². The summed E-state index contributed by atoms with van der Waals surface area (Å²) in [6.07, 6.45) is 0.985. The molecule has 1 aliphatic rings. The molecular formula is C18H18O. The molecule has 0 heterocycles. The van der Waals surface area contributed by atoms with E-state index in [0.29, 0.717) is 17.6 Å². The van der Waals surface area contributed by atoms with Crippen LogP contribution in [0, 0.1) is 5.92 Å². The van der Waals surface area contributed by atoms with Crippen molar-refractivity contribution in [3.05, 3.63) is 71.8 Å². The van der Waals surface area contributed by atoms with E-state index in [0.717, 1.165) is 6.42 Å². The van der Waals surface area contributed by atoms with E-state index in [4.69, 9.17) is 0 Å². The van der Waals surface area contributed by atoms with Crippen molar-refractivity contribution in [3.8, 4) is 0 Å². The fraction of sp³-hybridized carbons (Fsp3) is 0.278. The zero-order valence-electron chi connectivity index (χ0n) is 11.1. The fourth-order valence-electron chi connectivity index (χ4n) is 3.25. The summed E-state index contributed by atoms with van der Waals surface area (Å²) >= 11 is 0. The summed E-state index contributed by atoms with van der Waals surface area (Å²) in [7, 11) is 0. The lowest BCUT2D eigenvalue weighted by atomic mass is 9.58. The molecule has 1 fully saturated rings. The summed E-state index contributed by atoms with van der Waals surface area (Å²) in [6.45, 7) is 1.72. The van der Waals surface area contributed by atoms with E-state index in [1.165, 1.54) is 11.1 Å². The second kappa shape index (κ2) is 5.00. The van der Waals surface area contributed by atoms with Gasteiger partial charge in [0.05, 0.1) is 0 Å². The van der Waals surface area contributed by atoms with E-state index >= 15 is 0 Å². The Morgan fingerprint density at radius 1 is 0.895 bits per heavy atom. The van der Waals surface area contributed by atoms with Gasteiger partial charge in [0.1, 0.15) is 5.78 Å². The highest BCUT2D eigenvalue weighted by molar-refractivity contribution is 5.81. The van der Waals surface area contributed by atoms with Crippen LogP contribution in [-0.2, 0) is 4.79 Å². The first-order chi connectivity index (χ1) is 9.27. The molecule has 0 aromatic heterocycles. The predicted octanol–water partition coefficient (Wildman–Crippen LogP) is 4.16. The molecule has 96 valence electrons. The van der Waals surface area contributed by atoms with Crippen LogP contribution in [0.25, 0.3) is 0 Å². The molecule has 19 heavy (non-hydrogen) atoms. The number of rotatable bonds is 3. The molecule has 0 saturated heterocycles. The van der Waals surface area contributed by atoms with Gasteiger partial charge in [0.2, 0.25) is 0 Å². The fourth-order valence-corrected chi connectivity index (χ4v) is 3.25. The van der Waals surface area contributed by atoms with Crippen LogP contribution in [0.15, 0.2) is 60.7 Å². The monoisotopic (exact) mass is 250 g/mol. The van der Waals surface area contributed by atoms with Crippen LogP contribution in [0.5, 0.6) is 0 Å². The van der Waals surface area contributed by atoms with Crippen LogP contribution in [0.1, 0.15) is 36.3 Å². The number of carbonyl (C=O) groups is 1. The molecule has 1 saturated carbocycles. The maximum Gasteiger partial charge on any atom is 0.133 e. The molecule has 1 nitrogen and oxygen atoms in total. The lowest BCUT2D eigenvalue weighted by Gasteiger charge is -2.44. The second-order valence-corrected chi connectivity index (χ2v) is 5.41. The molecule has 1 aliphatic carbocycles. The minimum atomic E-state index is 0.188. The first-order valence-electron chi connectivity index (χ1n) is 6.87. The third-order valence-corrected chi connectivity index (χ3v) is 4.31. The maximum atomic E-state index is 11.8. The summed E-state index contributed by atoms with van der Waals surface area (Å²) < 4.78 is 0. The van der Waals surface area contributed by atoms with Gasteiger partial charge in [0.25, 0.3) is 0 Å². The highest BCUT2D eigenvalue weighted by atomic mass is 16.1. The van der Waals surface area contributed by atoms with Crippen molar-refractivity contribution in [2.24, 2.45) is 5.92 Å². The Morgan fingerprint density at radius 3 is 1.95 bits per heavy atom. The lowest BCUT2D eigenvalue weighted by Crippen LogP contribution is -2.37. The Bertz CT molecular complexity index is 559. The van der Waals surface area contributed by atoms with E-state index in [2.05, 4.69) is 48.5 Å². The van der Waals surface area contributed by atoms with Crippen molar-refractivity contribution in [1.29, 1.82) is 0 Å². The summed E-state index contributed by atoms with van der Waals surface area (Å²) in [5, 5.41) is 0. The number of Topliss-reactive ketones (excluding diaryl/α,β-unsaturated/α-hetero) is 1. The number of hydrogen-bond acceptors (Lipinski definition) is 1. The average molecular weight is 250 g/mol. The first-order valence-corrected chi connectivity index (χ1v) is 6.87. The Balaban J connectivity index is 1.93. The highest BCUT2D eigenvalue weighted by Crippen LogP contribution is 2.53. The Morgan fingerprint density at radius 2 is 1.42 bits per heavy atom. The Hall–Kier alpha value is -1.89. The smallest absolute Gasteiger partial charge is 0.133 e. The highest BCUT2D eigenvalue weighted by Gasteiger charge is 2.44. The van der Waals surface area contributed by atoms with Crippen LogP contribution >= 0.6 is 0 Å². The van der Waals surface area contributed by atoms with Gasteiger partial charge >= 0.3 is 0 Å². The molecule has 0 N–H and O–H groups in total. The zero-order valence-corrected chi connectivity index (χ0v) is 11.1. The van der Waals surface area contributed by atoms with Gasteiger partial charge in [-0.25, -0.2) is 0 Å². The SMILES string of the molecule is CC(=O)[C@H]1C[C@@H](c2ccccc2)[C@@H]1c1ccccc1. The van der Waals surface area contributed by atoms with Gasteiger partial charge in [-0.05, 0) is 30.4 Å². The Labute approximate surface area is 114 Å². The predicted molar refractivity (Wildman–Crippen MR) is 77.2 cm³/mol. The van der Waals surface area contributed by atoms with Crippen LogP contribution < -0.4 is 0 Å². The first kappa shape index (κ1) is 12.2. The minimum Gasteiger partial charge on any atom is -0.300 e. The van der Waals surface area contributed by atoms with Crippen molar-refractivity contribution >= 4 is 5.78 Å². The molecule has 0 spiro atoms. The van der Waals surface area contributed by atoms with Crippen LogP contribution in [-0.4, -0.2) is 5.78 Å². The van der Waals surface area contributed by atoms with Crippen molar-refractivity contribution in [3.63, 3.8) is 0 Å². The van der Waals surface area contributed by atoms with Gasteiger partial charge in [0, 0.05) is 11.8 Å². The average Bonchev–Trinajstić information content (AvgIpc) is 2.39. The number of ketones is 1. The van der Waals surface area contributed by atoms with E-state index in [-0.39, 0.29) is 5.92 Å². The quantitative estimate of drug-likeness (QED) is 0.799. The summed E-state index contributed by atoms with van der Waals surface area (Å²) in [4.78, 5) is 11.8. The Kier molecular flexibility index (Phi) is 3.20. The van der Waals surface area contributed by atoms with Gasteiger partial charge < -0.3 is 0 Å². The summed E-state index contributed by atoms with van der Waals surface area (Å²) in [5.74, 6) is 1.34. The molecule has 1 heteroatoms. The van der Waals surface area contributed by atoms with E-state index < -0.39 is 0 Å². The van der Waals surface area contributed by atoms with E-state index in [1.54, 1.807) is 6.92 Å². The molecule has 2 aromatic rings. The summed E-state index contributed by atoms with van der Waals surface area (Å²) in [6, 6.07) is 21.0. The molecule has 0 amide bonds. The number of hydrogen-bond donors (Lipinski definition) is 0. The van der Waals surface area contributed by atoms with Crippen molar-refractivity contribution in [2.45, 2.75) is 25.2 Å². The molecule has 0 radical (unpaired) electrons. The largest absolute Gasteiger partial charge is 0.300 e.